The first-order chi connectivity index (χ1) is 9.40. The first-order valence-corrected chi connectivity index (χ1v) is 8.16. The predicted molar refractivity (Wildman–Crippen MR) is 84.8 cm³/mol. The van der Waals surface area contributed by atoms with Gasteiger partial charge in [-0.3, -0.25) is 0 Å². The van der Waals surface area contributed by atoms with Gasteiger partial charge in [0.25, 0.3) is 0 Å². The molecule has 1 unspecified atom stereocenters. The molecule has 1 heterocycles. The van der Waals surface area contributed by atoms with Gasteiger partial charge in [-0.1, -0.05) is 36.8 Å². The van der Waals surface area contributed by atoms with Crippen LogP contribution in [-0.4, -0.2) is 6.54 Å². The zero-order valence-corrected chi connectivity index (χ0v) is 12.3. The molecule has 0 aliphatic heterocycles. The van der Waals surface area contributed by atoms with Crippen LogP contribution in [0, 0.1) is 0 Å². The smallest absolute Gasteiger partial charge is 0.0550 e. The molecule has 2 aromatic rings. The van der Waals surface area contributed by atoms with Gasteiger partial charge in [-0.25, -0.2) is 0 Å². The lowest BCUT2D eigenvalue weighted by molar-refractivity contribution is 0.582. The molecule has 0 saturated heterocycles. The maximum absolute atomic E-state index is 3.74. The first-order valence-electron chi connectivity index (χ1n) is 7.28. The van der Waals surface area contributed by atoms with Crippen molar-refractivity contribution in [3.63, 3.8) is 0 Å². The number of thiophene rings is 1. The molecule has 1 N–H and O–H groups in total. The zero-order chi connectivity index (χ0) is 13.1. The number of hydrogen-bond donors (Lipinski definition) is 1. The Hall–Kier alpha value is -1.12. The predicted octanol–water partition coefficient (Wildman–Crippen LogP) is 5.05. The van der Waals surface area contributed by atoms with Crippen LogP contribution in [0.4, 0.5) is 0 Å². The summed E-state index contributed by atoms with van der Waals surface area (Å²) in [6.45, 7) is 3.32. The Balaban J connectivity index is 1.98. The van der Waals surface area contributed by atoms with E-state index in [1.807, 2.05) is 11.3 Å². The fourth-order valence-electron chi connectivity index (χ4n) is 2.91. The summed E-state index contributed by atoms with van der Waals surface area (Å²) >= 11 is 1.87. The van der Waals surface area contributed by atoms with Crippen LogP contribution < -0.4 is 5.32 Å². The van der Waals surface area contributed by atoms with Crippen molar-refractivity contribution in [2.45, 2.75) is 38.6 Å². The largest absolute Gasteiger partial charge is 0.306 e. The van der Waals surface area contributed by atoms with Crippen LogP contribution in [0.1, 0.15) is 44.2 Å². The van der Waals surface area contributed by atoms with Crippen LogP contribution in [0.5, 0.6) is 0 Å². The van der Waals surface area contributed by atoms with E-state index >= 15 is 0 Å². The molecule has 0 fully saturated rings. The molecule has 0 bridgehead atoms. The normalized spacial score (nSPS) is 16.8. The second kappa shape index (κ2) is 5.89. The van der Waals surface area contributed by atoms with E-state index in [1.54, 1.807) is 5.57 Å². The van der Waals surface area contributed by atoms with Crippen LogP contribution in [0.15, 0.2) is 41.3 Å². The van der Waals surface area contributed by atoms with Crippen molar-refractivity contribution in [3.05, 3.63) is 46.9 Å². The quantitative estimate of drug-likeness (QED) is 0.750. The fraction of sp³-hybridized carbons (Fsp3) is 0.412. The highest BCUT2D eigenvalue weighted by Crippen LogP contribution is 2.37. The van der Waals surface area contributed by atoms with E-state index in [2.05, 4.69) is 48.0 Å². The number of rotatable bonds is 5. The Kier molecular flexibility index (Phi) is 4.00. The number of fused-ring (bicyclic) bond motifs is 1. The molecule has 1 aliphatic rings. The number of benzene rings is 1. The van der Waals surface area contributed by atoms with Crippen LogP contribution in [0.3, 0.4) is 0 Å². The number of allylic oxidation sites excluding steroid dienone is 1. The van der Waals surface area contributed by atoms with Gasteiger partial charge in [0.05, 0.1) is 6.04 Å². The highest BCUT2D eigenvalue weighted by atomic mass is 32.1. The lowest BCUT2D eigenvalue weighted by atomic mass is 9.97. The van der Waals surface area contributed by atoms with E-state index < -0.39 is 0 Å². The molecular formula is C17H21NS. The first kappa shape index (κ1) is 12.9. The van der Waals surface area contributed by atoms with E-state index in [4.69, 9.17) is 0 Å². The van der Waals surface area contributed by atoms with Crippen molar-refractivity contribution in [2.75, 3.05) is 6.54 Å². The summed E-state index contributed by atoms with van der Waals surface area (Å²) in [7, 11) is 0. The molecule has 1 aromatic carbocycles. The van der Waals surface area contributed by atoms with E-state index in [-0.39, 0.29) is 0 Å². The van der Waals surface area contributed by atoms with Gasteiger partial charge in [-0.2, -0.15) is 0 Å². The third-order valence-electron chi connectivity index (χ3n) is 3.87. The van der Waals surface area contributed by atoms with E-state index in [9.17, 15) is 0 Å². The van der Waals surface area contributed by atoms with Crippen LogP contribution in [0.25, 0.3) is 10.1 Å². The van der Waals surface area contributed by atoms with Crippen molar-refractivity contribution in [3.8, 4) is 0 Å². The van der Waals surface area contributed by atoms with Crippen molar-refractivity contribution in [1.29, 1.82) is 0 Å². The van der Waals surface area contributed by atoms with Gasteiger partial charge in [0, 0.05) is 4.70 Å². The second-order valence-electron chi connectivity index (χ2n) is 5.25. The molecule has 0 saturated carbocycles. The van der Waals surface area contributed by atoms with Crippen molar-refractivity contribution < 1.29 is 0 Å². The van der Waals surface area contributed by atoms with Crippen molar-refractivity contribution in [2.24, 2.45) is 0 Å². The van der Waals surface area contributed by atoms with Gasteiger partial charge in [0.1, 0.15) is 0 Å². The lowest BCUT2D eigenvalue weighted by Crippen LogP contribution is -2.23. The average Bonchev–Trinajstić information content (AvgIpc) is 3.09. The zero-order valence-electron chi connectivity index (χ0n) is 11.5. The third kappa shape index (κ3) is 2.60. The highest BCUT2D eigenvalue weighted by Gasteiger charge is 2.21. The van der Waals surface area contributed by atoms with Gasteiger partial charge >= 0.3 is 0 Å². The summed E-state index contributed by atoms with van der Waals surface area (Å²) < 4.78 is 1.40. The maximum atomic E-state index is 3.74. The van der Waals surface area contributed by atoms with E-state index in [1.165, 1.54) is 41.3 Å². The van der Waals surface area contributed by atoms with Crippen LogP contribution in [0.2, 0.25) is 0 Å². The van der Waals surface area contributed by atoms with E-state index in [0.29, 0.717) is 6.04 Å². The summed E-state index contributed by atoms with van der Waals surface area (Å²) in [5.41, 5.74) is 3.07. The summed E-state index contributed by atoms with van der Waals surface area (Å²) in [6, 6.07) is 9.20. The van der Waals surface area contributed by atoms with Crippen molar-refractivity contribution in [1.82, 2.24) is 5.32 Å². The highest BCUT2D eigenvalue weighted by molar-refractivity contribution is 7.17. The molecular weight excluding hydrogens is 250 g/mol. The summed E-state index contributed by atoms with van der Waals surface area (Å²) in [5, 5.41) is 7.51. The molecule has 2 heteroatoms. The van der Waals surface area contributed by atoms with Gasteiger partial charge < -0.3 is 5.32 Å². The van der Waals surface area contributed by atoms with Gasteiger partial charge in [0.15, 0.2) is 0 Å². The molecule has 0 radical (unpaired) electrons. The third-order valence-corrected chi connectivity index (χ3v) is 4.85. The Morgan fingerprint density at radius 2 is 2.21 bits per heavy atom. The fourth-order valence-corrected chi connectivity index (χ4v) is 3.90. The summed E-state index contributed by atoms with van der Waals surface area (Å²) in [6.07, 6.45) is 7.46. The van der Waals surface area contributed by atoms with Gasteiger partial charge in [0.2, 0.25) is 0 Å². The van der Waals surface area contributed by atoms with Crippen LogP contribution >= 0.6 is 11.3 Å². The Bertz CT molecular complexity index is 582. The number of nitrogens with one attached hydrogen (secondary N) is 1. The molecule has 100 valence electrons. The van der Waals surface area contributed by atoms with Crippen LogP contribution in [-0.2, 0) is 0 Å². The molecule has 0 amide bonds. The topological polar surface area (TPSA) is 12.0 Å². The molecule has 3 rings (SSSR count). The van der Waals surface area contributed by atoms with Crippen molar-refractivity contribution >= 4 is 21.4 Å². The molecule has 1 nitrogen and oxygen atoms in total. The molecule has 19 heavy (non-hydrogen) atoms. The Morgan fingerprint density at radius 1 is 1.32 bits per heavy atom. The second-order valence-corrected chi connectivity index (χ2v) is 6.16. The molecule has 1 aliphatic carbocycles. The minimum absolute atomic E-state index is 0.429. The SMILES string of the molecule is CCCNC(C1=CCCC1)c1csc2ccccc12. The minimum Gasteiger partial charge on any atom is -0.306 e. The summed E-state index contributed by atoms with van der Waals surface area (Å²) in [4.78, 5) is 0. The van der Waals surface area contributed by atoms with Gasteiger partial charge in [-0.05, 0) is 54.6 Å². The number of hydrogen-bond acceptors (Lipinski definition) is 2. The molecule has 1 atom stereocenters. The lowest BCUT2D eigenvalue weighted by Gasteiger charge is -2.20. The standard InChI is InChI=1S/C17H21NS/c1-2-11-18-17(13-7-3-4-8-13)15-12-19-16-10-6-5-9-14(15)16/h5-7,9-10,12,17-18H,2-4,8,11H2,1H3. The minimum atomic E-state index is 0.429. The van der Waals surface area contributed by atoms with E-state index in [0.717, 1.165) is 6.54 Å². The monoisotopic (exact) mass is 271 g/mol. The summed E-state index contributed by atoms with van der Waals surface area (Å²) in [5.74, 6) is 0. The molecule has 0 spiro atoms. The average molecular weight is 271 g/mol. The molecule has 1 aromatic heterocycles. The Labute approximate surface area is 119 Å². The maximum Gasteiger partial charge on any atom is 0.0550 e. The van der Waals surface area contributed by atoms with Gasteiger partial charge in [-0.15, -0.1) is 11.3 Å². The Morgan fingerprint density at radius 3 is 3.00 bits per heavy atom.